The van der Waals surface area contributed by atoms with Crippen molar-refractivity contribution in [1.29, 1.82) is 0 Å². The highest BCUT2D eigenvalue weighted by Crippen LogP contribution is 2.19. The van der Waals surface area contributed by atoms with Crippen molar-refractivity contribution >= 4 is 6.01 Å². The summed E-state index contributed by atoms with van der Waals surface area (Å²) in [6.07, 6.45) is 7.64. The van der Waals surface area contributed by atoms with Gasteiger partial charge in [-0.25, -0.2) is 9.98 Å². The van der Waals surface area contributed by atoms with E-state index in [2.05, 4.69) is 22.9 Å². The second-order valence-corrected chi connectivity index (χ2v) is 3.40. The van der Waals surface area contributed by atoms with Gasteiger partial charge in [0.15, 0.2) is 0 Å². The molecule has 2 nitrogen and oxygen atoms in total. The van der Waals surface area contributed by atoms with Gasteiger partial charge in [-0.3, -0.25) is 0 Å². The number of nitrogens with zero attached hydrogens (tertiary/aromatic N) is 2. The molecule has 0 atom stereocenters. The smallest absolute Gasteiger partial charge is 0.0895 e. The Kier molecular flexibility index (Phi) is 4.70. The van der Waals surface area contributed by atoms with E-state index in [0.29, 0.717) is 6.04 Å². The van der Waals surface area contributed by atoms with E-state index in [-0.39, 0.29) is 0 Å². The fourth-order valence-electron chi connectivity index (χ4n) is 1.49. The van der Waals surface area contributed by atoms with E-state index < -0.39 is 0 Å². The van der Waals surface area contributed by atoms with Crippen LogP contribution in [-0.4, -0.2) is 18.6 Å². The molecule has 12 heavy (non-hydrogen) atoms. The summed E-state index contributed by atoms with van der Waals surface area (Å²) in [5.74, 6) is 0. The molecule has 0 aliphatic heterocycles. The van der Waals surface area contributed by atoms with Crippen molar-refractivity contribution in [2.75, 3.05) is 6.54 Å². The zero-order chi connectivity index (χ0) is 8.65. The van der Waals surface area contributed by atoms with Crippen LogP contribution in [0, 0.1) is 0 Å². The summed E-state index contributed by atoms with van der Waals surface area (Å²) in [7, 11) is 0. The van der Waals surface area contributed by atoms with Crippen LogP contribution in [0.1, 0.15) is 45.4 Å². The summed E-state index contributed by atoms with van der Waals surface area (Å²) in [6, 6.07) is 3.33. The van der Waals surface area contributed by atoms with E-state index in [1.807, 2.05) is 0 Å². The van der Waals surface area contributed by atoms with Gasteiger partial charge in [-0.1, -0.05) is 26.2 Å². The van der Waals surface area contributed by atoms with Crippen LogP contribution in [0.25, 0.3) is 0 Å². The summed E-state index contributed by atoms with van der Waals surface area (Å²) in [4.78, 5) is 8.37. The molecule has 1 aliphatic rings. The highest BCUT2D eigenvalue weighted by Gasteiger charge is 2.10. The van der Waals surface area contributed by atoms with Crippen LogP contribution in [-0.2, 0) is 0 Å². The summed E-state index contributed by atoms with van der Waals surface area (Å²) in [5, 5.41) is 0. The molecular weight excluding hydrogens is 148 g/mol. The molecule has 68 valence electrons. The van der Waals surface area contributed by atoms with Gasteiger partial charge in [0, 0.05) is 6.54 Å². The Balaban J connectivity index is 2.23. The first kappa shape index (κ1) is 9.47. The van der Waals surface area contributed by atoms with Gasteiger partial charge >= 0.3 is 0 Å². The first-order valence-electron chi connectivity index (χ1n) is 5.05. The first-order valence-corrected chi connectivity index (χ1v) is 5.05. The van der Waals surface area contributed by atoms with Crippen molar-refractivity contribution in [3.63, 3.8) is 0 Å². The third kappa shape index (κ3) is 3.68. The molecule has 0 heterocycles. The second kappa shape index (κ2) is 5.96. The second-order valence-electron chi connectivity index (χ2n) is 3.40. The van der Waals surface area contributed by atoms with Crippen LogP contribution in [0.2, 0.25) is 0 Å². The predicted octanol–water partition coefficient (Wildman–Crippen LogP) is 2.90. The molecule has 0 radical (unpaired) electrons. The van der Waals surface area contributed by atoms with Crippen molar-refractivity contribution in [1.82, 2.24) is 0 Å². The van der Waals surface area contributed by atoms with Crippen LogP contribution in [0.3, 0.4) is 0 Å². The van der Waals surface area contributed by atoms with E-state index >= 15 is 0 Å². The Morgan fingerprint density at radius 2 is 2.00 bits per heavy atom. The largest absolute Gasteiger partial charge is 0.226 e. The van der Waals surface area contributed by atoms with Gasteiger partial charge in [-0.2, -0.15) is 0 Å². The van der Waals surface area contributed by atoms with Crippen LogP contribution >= 0.6 is 0 Å². The van der Waals surface area contributed by atoms with Crippen LogP contribution in [0.15, 0.2) is 9.98 Å². The fraction of sp³-hybridized carbons (Fsp3) is 0.900. The molecule has 0 aromatic rings. The lowest BCUT2D eigenvalue weighted by molar-refractivity contribution is 0.444. The number of aliphatic imine (C=N–C) groups is 2. The number of hydrogen-bond donors (Lipinski definition) is 0. The first-order chi connectivity index (χ1) is 5.93. The lowest BCUT2D eigenvalue weighted by atomic mass is 9.96. The molecule has 1 saturated carbocycles. The van der Waals surface area contributed by atoms with Crippen molar-refractivity contribution in [3.8, 4) is 0 Å². The van der Waals surface area contributed by atoms with Crippen molar-refractivity contribution in [2.45, 2.75) is 51.5 Å². The molecule has 1 rings (SSSR count). The minimum absolute atomic E-state index is 0.527. The van der Waals surface area contributed by atoms with Crippen LogP contribution in [0.5, 0.6) is 0 Å². The molecule has 1 aliphatic carbocycles. The number of hydrogen-bond acceptors (Lipinski definition) is 2. The molecule has 0 N–H and O–H groups in total. The molecule has 0 spiro atoms. The third-order valence-electron chi connectivity index (χ3n) is 2.22. The van der Waals surface area contributed by atoms with Crippen LogP contribution < -0.4 is 0 Å². The molecule has 0 unspecified atom stereocenters. The average Bonchev–Trinajstić information content (AvgIpc) is 2.14. The van der Waals surface area contributed by atoms with Gasteiger partial charge in [0.05, 0.1) is 12.1 Å². The Morgan fingerprint density at radius 3 is 2.67 bits per heavy atom. The minimum atomic E-state index is 0.527. The zero-order valence-electron chi connectivity index (χ0n) is 7.92. The summed E-state index contributed by atoms with van der Waals surface area (Å²) < 4.78 is 0. The van der Waals surface area contributed by atoms with Crippen molar-refractivity contribution in [2.24, 2.45) is 9.98 Å². The Bertz CT molecular complexity index is 163. The maximum Gasteiger partial charge on any atom is 0.0895 e. The number of rotatable bonds is 3. The van der Waals surface area contributed by atoms with E-state index in [4.69, 9.17) is 0 Å². The van der Waals surface area contributed by atoms with E-state index in [1.165, 1.54) is 32.1 Å². The van der Waals surface area contributed by atoms with E-state index in [0.717, 1.165) is 13.0 Å². The monoisotopic (exact) mass is 166 g/mol. The van der Waals surface area contributed by atoms with Gasteiger partial charge in [0.25, 0.3) is 0 Å². The molecule has 1 fully saturated rings. The topological polar surface area (TPSA) is 24.7 Å². The quantitative estimate of drug-likeness (QED) is 0.576. The molecular formula is C10H18N2. The molecule has 0 amide bonds. The van der Waals surface area contributed by atoms with E-state index in [9.17, 15) is 0 Å². The molecule has 0 saturated heterocycles. The molecule has 0 bridgehead atoms. The van der Waals surface area contributed by atoms with Gasteiger partial charge in [-0.05, 0) is 19.3 Å². The van der Waals surface area contributed by atoms with Crippen LogP contribution in [0.4, 0.5) is 0 Å². The molecule has 0 aromatic heterocycles. The normalized spacial score (nSPS) is 18.4. The third-order valence-corrected chi connectivity index (χ3v) is 2.22. The maximum absolute atomic E-state index is 4.30. The summed E-state index contributed by atoms with van der Waals surface area (Å²) in [5.41, 5.74) is 0. The SMILES string of the molecule is CCCN=C=NC1CCCCC1. The lowest BCUT2D eigenvalue weighted by Crippen LogP contribution is -2.08. The lowest BCUT2D eigenvalue weighted by Gasteiger charge is -2.15. The van der Waals surface area contributed by atoms with E-state index in [1.54, 1.807) is 0 Å². The highest BCUT2D eigenvalue weighted by molar-refractivity contribution is 5.41. The maximum atomic E-state index is 4.30. The Labute approximate surface area is 74.8 Å². The standard InChI is InChI=1S/C10H18N2/c1-2-8-11-9-12-10-6-4-3-5-7-10/h10H,2-8H2,1H3. The average molecular weight is 166 g/mol. The zero-order valence-corrected chi connectivity index (χ0v) is 7.92. The molecule has 2 heteroatoms. The Hall–Kier alpha value is -0.620. The highest BCUT2D eigenvalue weighted by atomic mass is 14.8. The Morgan fingerprint density at radius 1 is 1.25 bits per heavy atom. The minimum Gasteiger partial charge on any atom is -0.226 e. The molecule has 0 aromatic carbocycles. The van der Waals surface area contributed by atoms with Gasteiger partial charge in [0.2, 0.25) is 0 Å². The van der Waals surface area contributed by atoms with Gasteiger partial charge in [-0.15, -0.1) is 0 Å². The van der Waals surface area contributed by atoms with Crippen molar-refractivity contribution < 1.29 is 0 Å². The summed E-state index contributed by atoms with van der Waals surface area (Å²) >= 11 is 0. The van der Waals surface area contributed by atoms with Crippen molar-refractivity contribution in [3.05, 3.63) is 0 Å². The van der Waals surface area contributed by atoms with Gasteiger partial charge in [0.1, 0.15) is 0 Å². The fourth-order valence-corrected chi connectivity index (χ4v) is 1.49. The summed E-state index contributed by atoms with van der Waals surface area (Å²) in [6.45, 7) is 2.99. The van der Waals surface area contributed by atoms with Gasteiger partial charge < -0.3 is 0 Å². The predicted molar refractivity (Wildman–Crippen MR) is 51.9 cm³/mol.